The molecule has 7 heteroatoms. The van der Waals surface area contributed by atoms with Gasteiger partial charge in [0.1, 0.15) is 12.3 Å². The summed E-state index contributed by atoms with van der Waals surface area (Å²) in [5, 5.41) is 6.69. The molecule has 7 nitrogen and oxygen atoms in total. The van der Waals surface area contributed by atoms with Crippen LogP contribution in [0.1, 0.15) is 37.1 Å². The fourth-order valence-corrected chi connectivity index (χ4v) is 2.93. The zero-order valence-electron chi connectivity index (χ0n) is 16.3. The van der Waals surface area contributed by atoms with Crippen molar-refractivity contribution in [3.8, 4) is 0 Å². The van der Waals surface area contributed by atoms with Gasteiger partial charge in [-0.3, -0.25) is 0 Å². The maximum atomic E-state index is 5.58. The van der Waals surface area contributed by atoms with Crippen LogP contribution in [0.4, 0.5) is 0 Å². The molecule has 2 heterocycles. The highest BCUT2D eigenvalue weighted by Crippen LogP contribution is 2.08. The van der Waals surface area contributed by atoms with Crippen LogP contribution in [0.3, 0.4) is 0 Å². The fraction of sp³-hybridized carbons (Fsp3) is 0.778. The molecule has 0 spiro atoms. The first-order valence-corrected chi connectivity index (χ1v) is 9.44. The molecule has 2 N–H and O–H groups in total. The van der Waals surface area contributed by atoms with Gasteiger partial charge in [-0.2, -0.15) is 0 Å². The Labute approximate surface area is 151 Å². The lowest BCUT2D eigenvalue weighted by Gasteiger charge is -2.20. The molecular formula is C18H34N6O. The summed E-state index contributed by atoms with van der Waals surface area (Å²) < 4.78 is 5.58. The van der Waals surface area contributed by atoms with Crippen molar-refractivity contribution in [2.75, 3.05) is 52.9 Å². The van der Waals surface area contributed by atoms with E-state index in [2.05, 4.69) is 44.4 Å². The van der Waals surface area contributed by atoms with E-state index in [4.69, 9.17) is 4.42 Å². The van der Waals surface area contributed by atoms with Crippen LogP contribution in [0.2, 0.25) is 0 Å². The van der Waals surface area contributed by atoms with Crippen LogP contribution in [0.25, 0.3) is 0 Å². The van der Waals surface area contributed by atoms with E-state index in [9.17, 15) is 0 Å². The minimum atomic E-state index is 0.461. The lowest BCUT2D eigenvalue weighted by atomic mass is 10.3. The van der Waals surface area contributed by atoms with Gasteiger partial charge in [-0.15, -0.1) is 0 Å². The summed E-state index contributed by atoms with van der Waals surface area (Å²) in [6.07, 6.45) is 2.38. The van der Waals surface area contributed by atoms with Gasteiger partial charge in [-0.25, -0.2) is 9.98 Å². The second-order valence-corrected chi connectivity index (χ2v) is 6.72. The number of aromatic nitrogens is 1. The number of guanidine groups is 1. The molecule has 0 unspecified atom stereocenters. The van der Waals surface area contributed by atoms with E-state index in [0.717, 1.165) is 43.5 Å². The van der Waals surface area contributed by atoms with Crippen LogP contribution in [0.15, 0.2) is 9.41 Å². The molecular weight excluding hydrogens is 316 g/mol. The largest absolute Gasteiger partial charge is 0.444 e. The molecule has 1 fully saturated rings. The second kappa shape index (κ2) is 10.4. The Bertz CT molecular complexity index is 522. The molecule has 0 aromatic carbocycles. The quantitative estimate of drug-likeness (QED) is 0.440. The monoisotopic (exact) mass is 350 g/mol. The summed E-state index contributed by atoms with van der Waals surface area (Å²) in [5.74, 6) is 2.36. The molecule has 142 valence electrons. The number of hydrogen-bond donors (Lipinski definition) is 2. The third-order valence-electron chi connectivity index (χ3n) is 4.55. The molecule has 1 aliphatic heterocycles. The topological polar surface area (TPSA) is 68.9 Å². The molecule has 1 aromatic rings. The average molecular weight is 351 g/mol. The third-order valence-corrected chi connectivity index (χ3v) is 4.55. The van der Waals surface area contributed by atoms with Gasteiger partial charge in [-0.1, -0.05) is 0 Å². The Hall–Kier alpha value is -1.60. The van der Waals surface area contributed by atoms with Gasteiger partial charge in [0, 0.05) is 26.2 Å². The maximum Gasteiger partial charge on any atom is 0.216 e. The molecule has 1 aliphatic rings. The summed E-state index contributed by atoms with van der Waals surface area (Å²) in [4.78, 5) is 13.9. The Kier molecular flexibility index (Phi) is 8.21. The number of aryl methyl sites for hydroxylation is 2. The second-order valence-electron chi connectivity index (χ2n) is 6.72. The lowest BCUT2D eigenvalue weighted by Crippen LogP contribution is -2.39. The Morgan fingerprint density at radius 2 is 2.04 bits per heavy atom. The molecule has 1 aromatic heterocycles. The van der Waals surface area contributed by atoms with E-state index in [1.807, 2.05) is 13.8 Å². The van der Waals surface area contributed by atoms with Crippen molar-refractivity contribution in [1.29, 1.82) is 0 Å². The number of nitrogens with one attached hydrogen (secondary N) is 2. The van der Waals surface area contributed by atoms with Crippen LogP contribution < -0.4 is 10.6 Å². The van der Waals surface area contributed by atoms with Crippen molar-refractivity contribution in [3.63, 3.8) is 0 Å². The number of rotatable bonds is 7. The first-order valence-electron chi connectivity index (χ1n) is 9.44. The van der Waals surface area contributed by atoms with Crippen LogP contribution in [-0.4, -0.2) is 73.6 Å². The average Bonchev–Trinajstić information content (AvgIpc) is 2.78. The van der Waals surface area contributed by atoms with E-state index < -0.39 is 0 Å². The number of hydrogen-bond acceptors (Lipinski definition) is 5. The predicted molar refractivity (Wildman–Crippen MR) is 102 cm³/mol. The Balaban J connectivity index is 1.72. The highest BCUT2D eigenvalue weighted by atomic mass is 16.4. The van der Waals surface area contributed by atoms with Crippen LogP contribution >= 0.6 is 0 Å². The van der Waals surface area contributed by atoms with Crippen LogP contribution in [0.5, 0.6) is 0 Å². The molecule has 0 aliphatic carbocycles. The van der Waals surface area contributed by atoms with Gasteiger partial charge >= 0.3 is 0 Å². The van der Waals surface area contributed by atoms with Gasteiger partial charge in [0.05, 0.1) is 5.69 Å². The number of likely N-dealkylation sites (N-methyl/N-ethyl adjacent to an activating group) is 1. The van der Waals surface area contributed by atoms with E-state index in [-0.39, 0.29) is 0 Å². The first kappa shape index (κ1) is 19.7. The van der Waals surface area contributed by atoms with Crippen LogP contribution in [-0.2, 0) is 6.54 Å². The minimum absolute atomic E-state index is 0.461. The highest BCUT2D eigenvalue weighted by Gasteiger charge is 2.11. The maximum absolute atomic E-state index is 5.58. The van der Waals surface area contributed by atoms with Gasteiger partial charge in [-0.05, 0) is 60.3 Å². The third kappa shape index (κ3) is 7.04. The summed E-state index contributed by atoms with van der Waals surface area (Å²) in [6.45, 7) is 14.1. The minimum Gasteiger partial charge on any atom is -0.444 e. The smallest absolute Gasteiger partial charge is 0.216 e. The highest BCUT2D eigenvalue weighted by molar-refractivity contribution is 5.79. The lowest BCUT2D eigenvalue weighted by molar-refractivity contribution is 0.274. The van der Waals surface area contributed by atoms with Crippen molar-refractivity contribution < 1.29 is 4.42 Å². The predicted octanol–water partition coefficient (Wildman–Crippen LogP) is 1.37. The molecule has 0 atom stereocenters. The first-order chi connectivity index (χ1) is 12.1. The van der Waals surface area contributed by atoms with Gasteiger partial charge in [0.15, 0.2) is 5.96 Å². The zero-order chi connectivity index (χ0) is 18.1. The molecule has 0 radical (unpaired) electrons. The van der Waals surface area contributed by atoms with Crippen molar-refractivity contribution in [2.24, 2.45) is 4.99 Å². The van der Waals surface area contributed by atoms with Crippen molar-refractivity contribution >= 4 is 5.96 Å². The van der Waals surface area contributed by atoms with Crippen molar-refractivity contribution in [2.45, 2.75) is 40.2 Å². The molecule has 1 saturated heterocycles. The SMILES string of the molecule is CCNC(=NCc1nc(C)c(C)o1)NCCCN1CCCN(C)CC1. The Morgan fingerprint density at radius 1 is 1.20 bits per heavy atom. The van der Waals surface area contributed by atoms with E-state index in [1.165, 1.54) is 32.6 Å². The standard InChI is InChI=1S/C18H34N6O/c1-5-19-18(21-14-17-22-15(2)16(3)25-17)20-8-6-10-24-11-7-9-23(4)12-13-24/h5-14H2,1-4H3,(H2,19,20,21). The summed E-state index contributed by atoms with van der Waals surface area (Å²) in [5.41, 5.74) is 0.936. The molecule has 25 heavy (non-hydrogen) atoms. The van der Waals surface area contributed by atoms with Gasteiger partial charge < -0.3 is 24.9 Å². The van der Waals surface area contributed by atoms with Gasteiger partial charge in [0.25, 0.3) is 0 Å². The molecule has 0 saturated carbocycles. The van der Waals surface area contributed by atoms with E-state index >= 15 is 0 Å². The summed E-state index contributed by atoms with van der Waals surface area (Å²) in [6, 6.07) is 0. The van der Waals surface area contributed by atoms with Crippen LogP contribution in [0, 0.1) is 13.8 Å². The Morgan fingerprint density at radius 3 is 2.76 bits per heavy atom. The van der Waals surface area contributed by atoms with Crippen molar-refractivity contribution in [1.82, 2.24) is 25.4 Å². The van der Waals surface area contributed by atoms with E-state index in [0.29, 0.717) is 12.4 Å². The molecule has 2 rings (SSSR count). The summed E-state index contributed by atoms with van der Waals surface area (Å²) >= 11 is 0. The summed E-state index contributed by atoms with van der Waals surface area (Å²) in [7, 11) is 2.21. The molecule has 0 amide bonds. The van der Waals surface area contributed by atoms with Crippen molar-refractivity contribution in [3.05, 3.63) is 17.3 Å². The zero-order valence-corrected chi connectivity index (χ0v) is 16.3. The fourth-order valence-electron chi connectivity index (χ4n) is 2.93. The number of oxazole rings is 1. The van der Waals surface area contributed by atoms with Gasteiger partial charge in [0.2, 0.25) is 5.89 Å². The normalized spacial score (nSPS) is 17.5. The van der Waals surface area contributed by atoms with E-state index in [1.54, 1.807) is 0 Å². The number of nitrogens with zero attached hydrogens (tertiary/aromatic N) is 4. The number of aliphatic imine (C=N–C) groups is 1. The molecule has 0 bridgehead atoms.